The van der Waals surface area contributed by atoms with Crippen LogP contribution in [0.3, 0.4) is 0 Å². The number of nitrogens with one attached hydrogen (secondary N) is 1. The van der Waals surface area contributed by atoms with E-state index in [1.165, 1.54) is 0 Å². The van der Waals surface area contributed by atoms with Gasteiger partial charge < -0.3 is 20.5 Å². The Hall–Kier alpha value is -1.59. The highest BCUT2D eigenvalue weighted by Gasteiger charge is 2.15. The van der Waals surface area contributed by atoms with Crippen molar-refractivity contribution in [2.24, 2.45) is 5.73 Å². The molecule has 2 atom stereocenters. The van der Waals surface area contributed by atoms with Crippen LogP contribution in [0.25, 0.3) is 0 Å². The number of nitrogens with two attached hydrogens (primary N) is 1. The zero-order chi connectivity index (χ0) is 17.3. The van der Waals surface area contributed by atoms with E-state index in [9.17, 15) is 4.79 Å². The molecule has 1 amide bonds. The highest BCUT2D eigenvalue weighted by Crippen LogP contribution is 2.16. The van der Waals surface area contributed by atoms with E-state index < -0.39 is 5.60 Å². The van der Waals surface area contributed by atoms with Gasteiger partial charge in [0.15, 0.2) is 0 Å². The van der Waals surface area contributed by atoms with Crippen LogP contribution in [-0.2, 0) is 9.47 Å². The summed E-state index contributed by atoms with van der Waals surface area (Å²) in [6, 6.07) is 10.0. The van der Waals surface area contributed by atoms with Gasteiger partial charge in [-0.1, -0.05) is 30.3 Å². The zero-order valence-corrected chi connectivity index (χ0v) is 14.7. The number of hydrogen-bond donors (Lipinski definition) is 2. The van der Waals surface area contributed by atoms with Crippen molar-refractivity contribution < 1.29 is 14.3 Å². The van der Waals surface area contributed by atoms with Gasteiger partial charge in [-0.25, -0.2) is 4.79 Å². The first-order valence-electron chi connectivity index (χ1n) is 8.17. The topological polar surface area (TPSA) is 73.6 Å². The van der Waals surface area contributed by atoms with Gasteiger partial charge in [-0.15, -0.1) is 0 Å². The van der Waals surface area contributed by atoms with E-state index in [1.807, 2.05) is 58.0 Å². The van der Waals surface area contributed by atoms with Gasteiger partial charge in [-0.3, -0.25) is 0 Å². The Morgan fingerprint density at radius 2 is 1.91 bits per heavy atom. The molecular formula is C18H30N2O3. The summed E-state index contributed by atoms with van der Waals surface area (Å²) in [5, 5.41) is 2.73. The molecule has 0 saturated carbocycles. The third-order valence-electron chi connectivity index (χ3n) is 3.25. The predicted octanol–water partition coefficient (Wildman–Crippen LogP) is 3.40. The number of amides is 1. The fraction of sp³-hybridized carbons (Fsp3) is 0.611. The second-order valence-corrected chi connectivity index (χ2v) is 6.72. The lowest BCUT2D eigenvalue weighted by Gasteiger charge is -2.20. The van der Waals surface area contributed by atoms with Crippen molar-refractivity contribution in [3.05, 3.63) is 35.9 Å². The molecule has 0 bridgehead atoms. The molecule has 0 aliphatic heterocycles. The maximum atomic E-state index is 11.5. The van der Waals surface area contributed by atoms with Crippen LogP contribution in [0.1, 0.15) is 52.2 Å². The van der Waals surface area contributed by atoms with Crippen LogP contribution < -0.4 is 11.1 Å². The molecular weight excluding hydrogens is 292 g/mol. The molecule has 0 aliphatic rings. The summed E-state index contributed by atoms with van der Waals surface area (Å²) in [7, 11) is 0. The summed E-state index contributed by atoms with van der Waals surface area (Å²) < 4.78 is 11.0. The van der Waals surface area contributed by atoms with E-state index in [4.69, 9.17) is 15.2 Å². The van der Waals surface area contributed by atoms with Gasteiger partial charge in [0.1, 0.15) is 5.60 Å². The van der Waals surface area contributed by atoms with Gasteiger partial charge in [0, 0.05) is 12.6 Å². The second-order valence-electron chi connectivity index (χ2n) is 6.72. The number of hydrogen-bond acceptors (Lipinski definition) is 4. The molecule has 0 radical (unpaired) electrons. The summed E-state index contributed by atoms with van der Waals surface area (Å²) in [5.74, 6) is 0. The van der Waals surface area contributed by atoms with Gasteiger partial charge in [0.25, 0.3) is 0 Å². The van der Waals surface area contributed by atoms with Crippen LogP contribution in [0.2, 0.25) is 0 Å². The number of carbonyl (C=O) groups excluding carboxylic acids is 1. The van der Waals surface area contributed by atoms with Gasteiger partial charge in [0.2, 0.25) is 0 Å². The molecule has 1 aromatic rings. The predicted molar refractivity (Wildman–Crippen MR) is 92.3 cm³/mol. The molecule has 23 heavy (non-hydrogen) atoms. The van der Waals surface area contributed by atoms with Gasteiger partial charge in [-0.2, -0.15) is 0 Å². The number of rotatable bonds is 8. The van der Waals surface area contributed by atoms with Crippen molar-refractivity contribution >= 4 is 6.09 Å². The maximum absolute atomic E-state index is 11.5. The number of ether oxygens (including phenoxy) is 2. The van der Waals surface area contributed by atoms with Crippen LogP contribution >= 0.6 is 0 Å². The maximum Gasteiger partial charge on any atom is 0.407 e. The van der Waals surface area contributed by atoms with Crippen LogP contribution in [-0.4, -0.2) is 30.9 Å². The minimum Gasteiger partial charge on any atom is -0.444 e. The molecule has 130 valence electrons. The Morgan fingerprint density at radius 1 is 1.26 bits per heavy atom. The standard InChI is InChI=1S/C18H30N2O3/c1-14(15-9-6-5-7-10-15)22-13-16(19)11-8-12-20-17(21)23-18(2,3)4/h5-7,9-10,14,16H,8,11-13,19H2,1-4H3,(H,20,21). The van der Waals surface area contributed by atoms with E-state index in [1.54, 1.807) is 0 Å². The third kappa shape index (κ3) is 9.21. The van der Waals surface area contributed by atoms with Crippen molar-refractivity contribution in [1.82, 2.24) is 5.32 Å². The van der Waals surface area contributed by atoms with Crippen molar-refractivity contribution in [3.63, 3.8) is 0 Å². The van der Waals surface area contributed by atoms with Crippen LogP contribution in [0.4, 0.5) is 4.79 Å². The number of alkyl carbamates (subject to hydrolysis) is 1. The lowest BCUT2D eigenvalue weighted by Crippen LogP contribution is -2.34. The Balaban J connectivity index is 2.13. The lowest BCUT2D eigenvalue weighted by molar-refractivity contribution is 0.0511. The summed E-state index contributed by atoms with van der Waals surface area (Å²) in [5.41, 5.74) is 6.72. The molecule has 3 N–H and O–H groups in total. The summed E-state index contributed by atoms with van der Waals surface area (Å²) in [6.07, 6.45) is 1.23. The van der Waals surface area contributed by atoms with E-state index in [0.717, 1.165) is 18.4 Å². The summed E-state index contributed by atoms with van der Waals surface area (Å²) in [4.78, 5) is 11.5. The number of benzene rings is 1. The van der Waals surface area contributed by atoms with Crippen molar-refractivity contribution in [1.29, 1.82) is 0 Å². The highest BCUT2D eigenvalue weighted by molar-refractivity contribution is 5.67. The molecule has 5 nitrogen and oxygen atoms in total. The smallest absolute Gasteiger partial charge is 0.407 e. The first kappa shape index (κ1) is 19.5. The molecule has 0 spiro atoms. The quantitative estimate of drug-likeness (QED) is 0.719. The minimum absolute atomic E-state index is 0.0298. The minimum atomic E-state index is -0.470. The van der Waals surface area contributed by atoms with Crippen molar-refractivity contribution in [2.75, 3.05) is 13.2 Å². The van der Waals surface area contributed by atoms with Crippen LogP contribution in [0.5, 0.6) is 0 Å². The van der Waals surface area contributed by atoms with E-state index in [0.29, 0.717) is 13.2 Å². The average molecular weight is 322 g/mol. The first-order valence-corrected chi connectivity index (χ1v) is 8.17. The lowest BCUT2D eigenvalue weighted by atomic mass is 10.1. The zero-order valence-electron chi connectivity index (χ0n) is 14.7. The molecule has 0 aliphatic carbocycles. The molecule has 0 aromatic heterocycles. The Labute approximate surface area is 139 Å². The van der Waals surface area contributed by atoms with Crippen LogP contribution in [0.15, 0.2) is 30.3 Å². The molecule has 1 rings (SSSR count). The molecule has 0 fully saturated rings. The molecule has 5 heteroatoms. The van der Waals surface area contributed by atoms with E-state index in [-0.39, 0.29) is 18.2 Å². The van der Waals surface area contributed by atoms with Crippen molar-refractivity contribution in [2.45, 2.75) is 58.3 Å². The highest BCUT2D eigenvalue weighted by atomic mass is 16.6. The normalized spacial score (nSPS) is 14.1. The summed E-state index contributed by atoms with van der Waals surface area (Å²) in [6.45, 7) is 8.60. The Bertz CT molecular complexity index is 457. The SMILES string of the molecule is CC(OCC(N)CCCNC(=O)OC(C)(C)C)c1ccccc1. The second kappa shape index (κ2) is 9.53. The first-order chi connectivity index (χ1) is 10.8. The Kier molecular flexibility index (Phi) is 8.06. The van der Waals surface area contributed by atoms with E-state index >= 15 is 0 Å². The fourth-order valence-electron chi connectivity index (χ4n) is 2.04. The fourth-order valence-corrected chi connectivity index (χ4v) is 2.04. The van der Waals surface area contributed by atoms with Crippen molar-refractivity contribution in [3.8, 4) is 0 Å². The molecule has 1 aromatic carbocycles. The van der Waals surface area contributed by atoms with Gasteiger partial charge >= 0.3 is 6.09 Å². The van der Waals surface area contributed by atoms with Crippen LogP contribution in [0, 0.1) is 0 Å². The van der Waals surface area contributed by atoms with E-state index in [2.05, 4.69) is 5.32 Å². The largest absolute Gasteiger partial charge is 0.444 e. The summed E-state index contributed by atoms with van der Waals surface area (Å²) >= 11 is 0. The van der Waals surface area contributed by atoms with Gasteiger partial charge in [-0.05, 0) is 46.1 Å². The third-order valence-corrected chi connectivity index (χ3v) is 3.25. The molecule has 0 saturated heterocycles. The average Bonchev–Trinajstić information content (AvgIpc) is 2.48. The number of carbonyl (C=O) groups is 1. The molecule has 2 unspecified atom stereocenters. The molecule has 0 heterocycles. The van der Waals surface area contributed by atoms with Gasteiger partial charge in [0.05, 0.1) is 12.7 Å². The monoisotopic (exact) mass is 322 g/mol. The Morgan fingerprint density at radius 3 is 2.52 bits per heavy atom.